The second-order valence-corrected chi connectivity index (χ2v) is 4.46. The molecule has 1 N–H and O–H groups in total. The highest BCUT2D eigenvalue weighted by atomic mass is 35.5. The fourth-order valence-electron chi connectivity index (χ4n) is 2.04. The molecule has 0 bridgehead atoms. The van der Waals surface area contributed by atoms with Crippen molar-refractivity contribution >= 4 is 11.6 Å². The lowest BCUT2D eigenvalue weighted by Crippen LogP contribution is -2.40. The Hall–Kier alpha value is -1.04. The highest BCUT2D eigenvalue weighted by Gasteiger charge is 2.33. The van der Waals surface area contributed by atoms with Gasteiger partial charge in [-0.1, -0.05) is 23.7 Å². The van der Waals surface area contributed by atoms with E-state index in [1.54, 1.807) is 0 Å². The first-order valence-electron chi connectivity index (χ1n) is 5.15. The summed E-state index contributed by atoms with van der Waals surface area (Å²) in [5, 5.41) is 13.2. The molecule has 1 aliphatic rings. The summed E-state index contributed by atoms with van der Waals surface area (Å²) in [6, 6.07) is 10.1. The molecule has 0 radical (unpaired) electrons. The third-order valence-corrected chi connectivity index (χ3v) is 3.13. The first-order valence-corrected chi connectivity index (χ1v) is 5.53. The molecule has 3 heteroatoms. The zero-order valence-corrected chi connectivity index (χ0v) is 9.22. The molecular weight excluding hydrogens is 208 g/mol. The van der Waals surface area contributed by atoms with Crippen molar-refractivity contribution in [3.63, 3.8) is 0 Å². The van der Waals surface area contributed by atoms with Gasteiger partial charge in [0.15, 0.2) is 0 Å². The number of nitriles is 1. The molecule has 0 aromatic heterocycles. The Kier molecular flexibility index (Phi) is 2.95. The lowest BCUT2D eigenvalue weighted by atomic mass is 9.91. The quantitative estimate of drug-likeness (QED) is 0.832. The van der Waals surface area contributed by atoms with Crippen LogP contribution in [0, 0.1) is 11.3 Å². The van der Waals surface area contributed by atoms with Crippen LogP contribution in [0.5, 0.6) is 0 Å². The average molecular weight is 221 g/mol. The third kappa shape index (κ3) is 2.31. The first kappa shape index (κ1) is 10.5. The molecular formula is C12H13ClN2. The normalized spacial score (nSPS) is 25.1. The van der Waals surface area contributed by atoms with Gasteiger partial charge in [0.1, 0.15) is 5.54 Å². The maximum absolute atomic E-state index is 9.19. The van der Waals surface area contributed by atoms with Crippen LogP contribution in [0.3, 0.4) is 0 Å². The Morgan fingerprint density at radius 1 is 1.40 bits per heavy atom. The summed E-state index contributed by atoms with van der Waals surface area (Å²) in [6.07, 6.45) is 2.79. The Morgan fingerprint density at radius 2 is 2.13 bits per heavy atom. The van der Waals surface area contributed by atoms with Gasteiger partial charge in [0.05, 0.1) is 6.07 Å². The number of halogens is 1. The molecule has 1 aromatic carbocycles. The van der Waals surface area contributed by atoms with E-state index in [4.69, 9.17) is 11.6 Å². The largest absolute Gasteiger partial charge is 0.299 e. The minimum atomic E-state index is -0.353. The van der Waals surface area contributed by atoms with E-state index in [1.165, 1.54) is 0 Å². The van der Waals surface area contributed by atoms with E-state index in [-0.39, 0.29) is 5.54 Å². The van der Waals surface area contributed by atoms with Gasteiger partial charge in [0.2, 0.25) is 0 Å². The van der Waals surface area contributed by atoms with E-state index in [9.17, 15) is 5.26 Å². The summed E-state index contributed by atoms with van der Waals surface area (Å²) in [7, 11) is 0. The van der Waals surface area contributed by atoms with Crippen LogP contribution in [0.25, 0.3) is 0 Å². The Balaban J connectivity index is 2.14. The molecule has 2 nitrogen and oxygen atoms in total. The molecule has 1 unspecified atom stereocenters. The first-order chi connectivity index (χ1) is 7.24. The molecule has 0 aliphatic carbocycles. The van der Waals surface area contributed by atoms with Crippen molar-refractivity contribution in [1.82, 2.24) is 5.32 Å². The third-order valence-electron chi connectivity index (χ3n) is 2.88. The van der Waals surface area contributed by atoms with Gasteiger partial charge in [0.25, 0.3) is 0 Å². The van der Waals surface area contributed by atoms with Gasteiger partial charge in [-0.2, -0.15) is 5.26 Å². The number of hydrogen-bond acceptors (Lipinski definition) is 2. The van der Waals surface area contributed by atoms with Crippen molar-refractivity contribution in [3.05, 3.63) is 34.9 Å². The second-order valence-electron chi connectivity index (χ2n) is 4.03. The second kappa shape index (κ2) is 4.22. The number of rotatable bonds is 2. The van der Waals surface area contributed by atoms with E-state index in [0.29, 0.717) is 0 Å². The zero-order valence-electron chi connectivity index (χ0n) is 8.46. The van der Waals surface area contributed by atoms with Gasteiger partial charge in [-0.15, -0.1) is 0 Å². The maximum Gasteiger partial charge on any atom is 0.110 e. The minimum absolute atomic E-state index is 0.353. The van der Waals surface area contributed by atoms with Gasteiger partial charge >= 0.3 is 0 Å². The van der Waals surface area contributed by atoms with Crippen LogP contribution >= 0.6 is 11.6 Å². The lowest BCUT2D eigenvalue weighted by Gasteiger charge is -2.20. The zero-order chi connectivity index (χ0) is 10.7. The van der Waals surface area contributed by atoms with Crippen LogP contribution in [0.1, 0.15) is 18.4 Å². The van der Waals surface area contributed by atoms with Crippen LogP contribution in [-0.4, -0.2) is 12.1 Å². The van der Waals surface area contributed by atoms with E-state index in [0.717, 1.165) is 36.4 Å². The van der Waals surface area contributed by atoms with Crippen molar-refractivity contribution in [1.29, 1.82) is 5.26 Å². The smallest absolute Gasteiger partial charge is 0.110 e. The van der Waals surface area contributed by atoms with Crippen LogP contribution in [0.15, 0.2) is 24.3 Å². The Morgan fingerprint density at radius 3 is 2.67 bits per heavy atom. The molecule has 1 heterocycles. The van der Waals surface area contributed by atoms with E-state index >= 15 is 0 Å². The van der Waals surface area contributed by atoms with Crippen molar-refractivity contribution in [2.75, 3.05) is 6.54 Å². The van der Waals surface area contributed by atoms with Crippen LogP contribution in [0.2, 0.25) is 5.02 Å². The van der Waals surface area contributed by atoms with Crippen molar-refractivity contribution < 1.29 is 0 Å². The molecule has 0 saturated carbocycles. The fraction of sp³-hybridized carbons (Fsp3) is 0.417. The fourth-order valence-corrected chi connectivity index (χ4v) is 2.17. The molecule has 0 amide bonds. The number of benzene rings is 1. The molecule has 1 atom stereocenters. The molecule has 2 rings (SSSR count). The van der Waals surface area contributed by atoms with Gasteiger partial charge < -0.3 is 0 Å². The average Bonchev–Trinajstić information content (AvgIpc) is 2.71. The van der Waals surface area contributed by atoms with Crippen LogP contribution in [0.4, 0.5) is 0 Å². The highest BCUT2D eigenvalue weighted by Crippen LogP contribution is 2.24. The van der Waals surface area contributed by atoms with Gasteiger partial charge in [-0.3, -0.25) is 5.32 Å². The van der Waals surface area contributed by atoms with Gasteiger partial charge in [-0.25, -0.2) is 0 Å². The molecule has 78 valence electrons. The Labute approximate surface area is 94.9 Å². The summed E-state index contributed by atoms with van der Waals surface area (Å²) in [5.41, 5.74) is 0.809. The van der Waals surface area contributed by atoms with Crippen LogP contribution < -0.4 is 5.32 Å². The predicted molar refractivity (Wildman–Crippen MR) is 60.7 cm³/mol. The molecule has 0 spiro atoms. The molecule has 1 aliphatic heterocycles. The number of nitrogens with one attached hydrogen (secondary N) is 1. The SMILES string of the molecule is N#CC1(Cc2ccc(Cl)cc2)CCCN1. The van der Waals surface area contributed by atoms with Crippen LogP contribution in [-0.2, 0) is 6.42 Å². The van der Waals surface area contributed by atoms with E-state index < -0.39 is 0 Å². The summed E-state index contributed by atoms with van der Waals surface area (Å²) < 4.78 is 0. The molecule has 1 aromatic rings. The highest BCUT2D eigenvalue weighted by molar-refractivity contribution is 6.30. The summed E-state index contributed by atoms with van der Waals surface area (Å²) >= 11 is 5.82. The number of nitrogens with zero attached hydrogens (tertiary/aromatic N) is 1. The molecule has 15 heavy (non-hydrogen) atoms. The van der Waals surface area contributed by atoms with Crippen molar-refractivity contribution in [2.24, 2.45) is 0 Å². The van der Waals surface area contributed by atoms with E-state index in [2.05, 4.69) is 11.4 Å². The standard InChI is InChI=1S/C12H13ClN2/c13-11-4-2-10(3-5-11)8-12(9-14)6-1-7-15-12/h2-5,15H,1,6-8H2. The summed E-state index contributed by atoms with van der Waals surface area (Å²) in [5.74, 6) is 0. The monoisotopic (exact) mass is 220 g/mol. The van der Waals surface area contributed by atoms with Crippen molar-refractivity contribution in [3.8, 4) is 6.07 Å². The summed E-state index contributed by atoms with van der Waals surface area (Å²) in [4.78, 5) is 0. The Bertz CT molecular complexity index is 372. The van der Waals surface area contributed by atoms with Gasteiger partial charge in [-0.05, 0) is 37.1 Å². The van der Waals surface area contributed by atoms with Gasteiger partial charge in [0, 0.05) is 11.4 Å². The maximum atomic E-state index is 9.19. The molecule has 1 saturated heterocycles. The summed E-state index contributed by atoms with van der Waals surface area (Å²) in [6.45, 7) is 0.946. The predicted octanol–water partition coefficient (Wildman–Crippen LogP) is 2.53. The lowest BCUT2D eigenvalue weighted by molar-refractivity contribution is 0.480. The van der Waals surface area contributed by atoms with E-state index in [1.807, 2.05) is 24.3 Å². The van der Waals surface area contributed by atoms with Crippen molar-refractivity contribution in [2.45, 2.75) is 24.8 Å². The minimum Gasteiger partial charge on any atom is -0.299 e. The topological polar surface area (TPSA) is 35.8 Å². The number of hydrogen-bond donors (Lipinski definition) is 1. The molecule has 1 fully saturated rings.